The number of anilines is 1. The van der Waals surface area contributed by atoms with Gasteiger partial charge in [0.05, 0.1) is 30.0 Å². The second-order valence-corrected chi connectivity index (χ2v) is 4.72. The molecule has 0 bridgehead atoms. The molecule has 0 aliphatic carbocycles. The van der Waals surface area contributed by atoms with Crippen molar-refractivity contribution in [3.8, 4) is 0 Å². The minimum Gasteiger partial charge on any atom is -0.383 e. The zero-order chi connectivity index (χ0) is 15.2. The fraction of sp³-hybridized carbons (Fsp3) is 0.357. The van der Waals surface area contributed by atoms with E-state index < -0.39 is 0 Å². The van der Waals surface area contributed by atoms with Crippen LogP contribution in [0.5, 0.6) is 0 Å². The molecule has 2 aromatic rings. The molecule has 2 rings (SSSR count). The molecule has 0 amide bonds. The van der Waals surface area contributed by atoms with E-state index in [0.29, 0.717) is 25.3 Å². The monoisotopic (exact) mass is 290 g/mol. The first-order valence-corrected chi connectivity index (χ1v) is 6.59. The highest BCUT2D eigenvalue weighted by molar-refractivity contribution is 5.45. The van der Waals surface area contributed by atoms with Gasteiger partial charge < -0.3 is 10.1 Å². The van der Waals surface area contributed by atoms with Gasteiger partial charge in [-0.05, 0) is 12.5 Å². The molecule has 1 aromatic heterocycles. The molecule has 0 aliphatic heterocycles. The zero-order valence-corrected chi connectivity index (χ0v) is 12.1. The summed E-state index contributed by atoms with van der Waals surface area (Å²) in [5.41, 5.74) is 2.53. The lowest BCUT2D eigenvalue weighted by Gasteiger charge is -2.05. The van der Waals surface area contributed by atoms with Crippen molar-refractivity contribution in [3.63, 3.8) is 0 Å². The lowest BCUT2D eigenvalue weighted by Crippen LogP contribution is -2.04. The van der Waals surface area contributed by atoms with E-state index in [1.807, 2.05) is 12.3 Å². The van der Waals surface area contributed by atoms with Crippen molar-refractivity contribution < 1.29 is 9.66 Å². The van der Waals surface area contributed by atoms with Crippen LogP contribution in [-0.4, -0.2) is 28.4 Å². The number of hydrogen-bond acceptors (Lipinski definition) is 5. The Morgan fingerprint density at radius 1 is 1.48 bits per heavy atom. The summed E-state index contributed by atoms with van der Waals surface area (Å²) >= 11 is 0. The molecule has 0 radical (unpaired) electrons. The normalized spacial score (nSPS) is 10.6. The summed E-state index contributed by atoms with van der Waals surface area (Å²) < 4.78 is 6.77. The van der Waals surface area contributed by atoms with Gasteiger partial charge in [0, 0.05) is 31.5 Å². The number of rotatable bonds is 7. The van der Waals surface area contributed by atoms with Crippen LogP contribution in [0.3, 0.4) is 0 Å². The maximum Gasteiger partial charge on any atom is 0.272 e. The van der Waals surface area contributed by atoms with Crippen molar-refractivity contribution in [1.82, 2.24) is 9.78 Å². The van der Waals surface area contributed by atoms with Crippen molar-refractivity contribution in [2.75, 3.05) is 19.0 Å². The number of hydrogen-bond donors (Lipinski definition) is 1. The predicted molar refractivity (Wildman–Crippen MR) is 79.3 cm³/mol. The molecule has 21 heavy (non-hydrogen) atoms. The van der Waals surface area contributed by atoms with Gasteiger partial charge in [-0.15, -0.1) is 0 Å². The van der Waals surface area contributed by atoms with Crippen molar-refractivity contribution in [3.05, 3.63) is 51.8 Å². The third-order valence-electron chi connectivity index (χ3n) is 3.12. The van der Waals surface area contributed by atoms with Gasteiger partial charge in [-0.2, -0.15) is 5.10 Å². The van der Waals surface area contributed by atoms with Gasteiger partial charge in [-0.25, -0.2) is 0 Å². The number of benzene rings is 1. The number of ether oxygens (including phenoxy) is 1. The van der Waals surface area contributed by atoms with Crippen LogP contribution in [0.4, 0.5) is 11.4 Å². The number of nitrogens with one attached hydrogen (secondary N) is 1. The zero-order valence-electron chi connectivity index (χ0n) is 12.1. The molecule has 0 unspecified atom stereocenters. The van der Waals surface area contributed by atoms with Crippen LogP contribution >= 0.6 is 0 Å². The first kappa shape index (κ1) is 15.0. The average molecular weight is 290 g/mol. The van der Waals surface area contributed by atoms with E-state index in [4.69, 9.17) is 4.74 Å². The van der Waals surface area contributed by atoms with E-state index in [2.05, 4.69) is 10.4 Å². The van der Waals surface area contributed by atoms with E-state index in [9.17, 15) is 10.1 Å². The van der Waals surface area contributed by atoms with Gasteiger partial charge in [0.15, 0.2) is 0 Å². The minimum atomic E-state index is -0.360. The quantitative estimate of drug-likeness (QED) is 0.625. The molecule has 0 spiro atoms. The summed E-state index contributed by atoms with van der Waals surface area (Å²) in [7, 11) is 1.65. The maximum absolute atomic E-state index is 10.9. The SMILES string of the molecule is COCCn1cc(NCc2ccc(C)c([N+](=O)[O-])c2)cn1. The van der Waals surface area contributed by atoms with Crippen LogP contribution in [0.25, 0.3) is 0 Å². The Labute approximate surface area is 122 Å². The molecular formula is C14H18N4O3. The van der Waals surface area contributed by atoms with Crippen LogP contribution in [0.15, 0.2) is 30.6 Å². The molecule has 0 atom stereocenters. The molecule has 112 valence electrons. The van der Waals surface area contributed by atoms with Gasteiger partial charge in [0.2, 0.25) is 0 Å². The maximum atomic E-state index is 10.9. The summed E-state index contributed by atoms with van der Waals surface area (Å²) in [5, 5.41) is 18.3. The van der Waals surface area contributed by atoms with Crippen LogP contribution in [0, 0.1) is 17.0 Å². The van der Waals surface area contributed by atoms with Gasteiger partial charge in [0.25, 0.3) is 5.69 Å². The van der Waals surface area contributed by atoms with Gasteiger partial charge >= 0.3 is 0 Å². The number of nitro groups is 1. The Bertz CT molecular complexity index is 624. The van der Waals surface area contributed by atoms with E-state index in [0.717, 1.165) is 11.3 Å². The largest absolute Gasteiger partial charge is 0.383 e. The Kier molecular flexibility index (Phi) is 4.89. The number of aromatic nitrogens is 2. The van der Waals surface area contributed by atoms with Crippen molar-refractivity contribution in [1.29, 1.82) is 0 Å². The smallest absolute Gasteiger partial charge is 0.272 e. The third kappa shape index (κ3) is 4.03. The van der Waals surface area contributed by atoms with Crippen molar-refractivity contribution >= 4 is 11.4 Å². The number of nitrogens with zero attached hydrogens (tertiary/aromatic N) is 3. The number of methoxy groups -OCH3 is 1. The first-order valence-electron chi connectivity index (χ1n) is 6.59. The van der Waals surface area contributed by atoms with Gasteiger partial charge in [0.1, 0.15) is 0 Å². The standard InChI is InChI=1S/C14H18N4O3/c1-11-3-4-12(7-14(11)18(19)20)8-15-13-9-16-17(10-13)5-6-21-2/h3-4,7,9-10,15H,5-6,8H2,1-2H3. The third-order valence-corrected chi connectivity index (χ3v) is 3.12. The summed E-state index contributed by atoms with van der Waals surface area (Å²) in [4.78, 5) is 10.6. The second kappa shape index (κ2) is 6.85. The van der Waals surface area contributed by atoms with E-state index >= 15 is 0 Å². The first-order chi connectivity index (χ1) is 10.1. The Hall–Kier alpha value is -2.41. The molecule has 0 fully saturated rings. The van der Waals surface area contributed by atoms with Crippen molar-refractivity contribution in [2.45, 2.75) is 20.0 Å². The van der Waals surface area contributed by atoms with Crippen molar-refractivity contribution in [2.24, 2.45) is 0 Å². The summed E-state index contributed by atoms with van der Waals surface area (Å²) in [6.07, 6.45) is 3.60. The molecule has 0 saturated carbocycles. The molecule has 1 heterocycles. The molecule has 1 N–H and O–H groups in total. The lowest BCUT2D eigenvalue weighted by molar-refractivity contribution is -0.385. The van der Waals surface area contributed by atoms with Crippen LogP contribution in [-0.2, 0) is 17.8 Å². The lowest BCUT2D eigenvalue weighted by atomic mass is 10.1. The molecule has 0 saturated heterocycles. The predicted octanol–water partition coefficient (Wildman–Crippen LogP) is 2.36. The molecule has 0 aliphatic rings. The average Bonchev–Trinajstić information content (AvgIpc) is 2.92. The summed E-state index contributed by atoms with van der Waals surface area (Å²) in [6, 6.07) is 5.24. The fourth-order valence-electron chi connectivity index (χ4n) is 1.93. The highest BCUT2D eigenvalue weighted by Crippen LogP contribution is 2.20. The van der Waals surface area contributed by atoms with E-state index in [-0.39, 0.29) is 10.6 Å². The molecule has 7 heteroatoms. The summed E-state index contributed by atoms with van der Waals surface area (Å²) in [6.45, 7) is 3.53. The van der Waals surface area contributed by atoms with Crippen LogP contribution < -0.4 is 5.32 Å². The fourth-order valence-corrected chi connectivity index (χ4v) is 1.93. The Morgan fingerprint density at radius 2 is 2.29 bits per heavy atom. The van der Waals surface area contributed by atoms with Crippen LogP contribution in [0.2, 0.25) is 0 Å². The van der Waals surface area contributed by atoms with E-state index in [1.165, 1.54) is 0 Å². The van der Waals surface area contributed by atoms with E-state index in [1.54, 1.807) is 37.0 Å². The van der Waals surface area contributed by atoms with Gasteiger partial charge in [-0.3, -0.25) is 14.8 Å². The topological polar surface area (TPSA) is 82.2 Å². The van der Waals surface area contributed by atoms with Crippen LogP contribution in [0.1, 0.15) is 11.1 Å². The molecule has 7 nitrogen and oxygen atoms in total. The highest BCUT2D eigenvalue weighted by Gasteiger charge is 2.10. The Morgan fingerprint density at radius 3 is 3.00 bits per heavy atom. The molecular weight excluding hydrogens is 272 g/mol. The Balaban J connectivity index is 1.98. The number of nitro benzene ring substituents is 1. The minimum absolute atomic E-state index is 0.144. The highest BCUT2D eigenvalue weighted by atomic mass is 16.6. The number of aryl methyl sites for hydroxylation is 1. The second-order valence-electron chi connectivity index (χ2n) is 4.72. The summed E-state index contributed by atoms with van der Waals surface area (Å²) in [5.74, 6) is 0. The molecule has 1 aromatic carbocycles. The van der Waals surface area contributed by atoms with Gasteiger partial charge in [-0.1, -0.05) is 12.1 Å².